The third-order valence-corrected chi connectivity index (χ3v) is 6.22. The van der Waals surface area contributed by atoms with Crippen LogP contribution in [0.15, 0.2) is 10.3 Å². The van der Waals surface area contributed by atoms with Gasteiger partial charge >= 0.3 is 0 Å². The van der Waals surface area contributed by atoms with Crippen LogP contribution in [0, 0.1) is 12.8 Å². The van der Waals surface area contributed by atoms with E-state index in [-0.39, 0.29) is 12.0 Å². The van der Waals surface area contributed by atoms with E-state index < -0.39 is 10.0 Å². The maximum absolute atomic E-state index is 12.8. The molecule has 7 heteroatoms. The van der Waals surface area contributed by atoms with Gasteiger partial charge in [-0.25, -0.2) is 13.1 Å². The van der Waals surface area contributed by atoms with Crippen LogP contribution >= 0.6 is 11.3 Å². The highest BCUT2D eigenvalue weighted by Gasteiger charge is 2.27. The Balaban J connectivity index is 3.07. The molecular weight excluding hydrogens is 306 g/mol. The van der Waals surface area contributed by atoms with E-state index in [9.17, 15) is 8.42 Å². The van der Waals surface area contributed by atoms with Crippen molar-refractivity contribution in [3.63, 3.8) is 0 Å². The molecule has 0 aromatic carbocycles. The van der Waals surface area contributed by atoms with Gasteiger partial charge in [0.2, 0.25) is 10.0 Å². The van der Waals surface area contributed by atoms with E-state index in [0.717, 1.165) is 10.4 Å². The van der Waals surface area contributed by atoms with Crippen LogP contribution in [-0.2, 0) is 16.6 Å². The van der Waals surface area contributed by atoms with Crippen molar-refractivity contribution in [3.8, 4) is 0 Å². The molecular formula is C14H27N3O2S2. The summed E-state index contributed by atoms with van der Waals surface area (Å²) in [7, 11) is 2.23. The van der Waals surface area contributed by atoms with Gasteiger partial charge in [-0.1, -0.05) is 13.8 Å². The molecule has 1 aromatic heterocycles. The molecule has 0 fully saturated rings. The van der Waals surface area contributed by atoms with Crippen molar-refractivity contribution in [1.82, 2.24) is 14.9 Å². The van der Waals surface area contributed by atoms with Gasteiger partial charge in [-0.05, 0) is 44.9 Å². The first-order valence-electron chi connectivity index (χ1n) is 7.07. The Labute approximate surface area is 132 Å². The van der Waals surface area contributed by atoms with Gasteiger partial charge in [0.25, 0.3) is 0 Å². The van der Waals surface area contributed by atoms with Gasteiger partial charge in [0.1, 0.15) is 4.90 Å². The molecule has 0 radical (unpaired) electrons. The Hall–Kier alpha value is -0.470. The molecule has 0 aliphatic carbocycles. The van der Waals surface area contributed by atoms with Gasteiger partial charge in [0.05, 0.1) is 0 Å². The molecule has 0 saturated carbocycles. The maximum Gasteiger partial charge on any atom is 0.242 e. The minimum atomic E-state index is -3.50. The number of hydrogen-bond donors (Lipinski definition) is 2. The average molecular weight is 334 g/mol. The molecule has 0 aliphatic rings. The van der Waals surface area contributed by atoms with Crippen molar-refractivity contribution in [2.24, 2.45) is 5.92 Å². The average Bonchev–Trinajstić information content (AvgIpc) is 2.70. The molecule has 1 rings (SSSR count). The zero-order valence-electron chi connectivity index (χ0n) is 13.7. The number of nitrogens with zero attached hydrogens (tertiary/aromatic N) is 1. The van der Waals surface area contributed by atoms with E-state index >= 15 is 0 Å². The van der Waals surface area contributed by atoms with Crippen molar-refractivity contribution >= 4 is 21.4 Å². The fourth-order valence-corrected chi connectivity index (χ4v) is 5.37. The van der Waals surface area contributed by atoms with E-state index in [0.29, 0.717) is 18.0 Å². The van der Waals surface area contributed by atoms with Crippen LogP contribution in [0.3, 0.4) is 0 Å². The Morgan fingerprint density at radius 1 is 1.33 bits per heavy atom. The van der Waals surface area contributed by atoms with Crippen molar-refractivity contribution < 1.29 is 8.42 Å². The predicted octanol–water partition coefficient (Wildman–Crippen LogP) is 1.64. The summed E-state index contributed by atoms with van der Waals surface area (Å²) in [6.45, 7) is 7.16. The summed E-state index contributed by atoms with van der Waals surface area (Å²) in [5.41, 5.74) is 0.810. The van der Waals surface area contributed by atoms with Crippen molar-refractivity contribution in [2.45, 2.75) is 38.3 Å². The highest BCUT2D eigenvalue weighted by Crippen LogP contribution is 2.27. The van der Waals surface area contributed by atoms with E-state index in [4.69, 9.17) is 0 Å². The molecule has 0 aliphatic heterocycles. The molecule has 1 aromatic rings. The van der Waals surface area contributed by atoms with Gasteiger partial charge in [-0.15, -0.1) is 11.3 Å². The molecule has 21 heavy (non-hydrogen) atoms. The standard InChI is InChI=1S/C14H27N3O2S2/c1-10(2)12(8-17(5)6)16-21(18,19)14-11(3)9-20-13(14)7-15-4/h9-10,12,15-16H,7-8H2,1-6H3. The van der Waals surface area contributed by atoms with Gasteiger partial charge in [0, 0.05) is 24.0 Å². The Morgan fingerprint density at radius 2 is 1.95 bits per heavy atom. The number of aryl methyl sites for hydroxylation is 1. The lowest BCUT2D eigenvalue weighted by atomic mass is 10.1. The van der Waals surface area contributed by atoms with Crippen LogP contribution in [0.4, 0.5) is 0 Å². The highest BCUT2D eigenvalue weighted by molar-refractivity contribution is 7.89. The molecule has 5 nitrogen and oxygen atoms in total. The number of sulfonamides is 1. The van der Waals surface area contributed by atoms with E-state index in [1.54, 1.807) is 0 Å². The third-order valence-electron chi connectivity index (χ3n) is 3.27. The molecule has 0 amide bonds. The summed E-state index contributed by atoms with van der Waals surface area (Å²) in [5, 5.41) is 4.93. The van der Waals surface area contributed by atoms with E-state index in [1.165, 1.54) is 11.3 Å². The molecule has 0 bridgehead atoms. The second kappa shape index (κ2) is 7.69. The summed E-state index contributed by atoms with van der Waals surface area (Å²) < 4.78 is 28.4. The minimum absolute atomic E-state index is 0.105. The number of hydrogen-bond acceptors (Lipinski definition) is 5. The van der Waals surface area contributed by atoms with Gasteiger partial charge in [-0.3, -0.25) is 0 Å². The molecule has 0 spiro atoms. The summed E-state index contributed by atoms with van der Waals surface area (Å²) in [6.07, 6.45) is 0. The largest absolute Gasteiger partial charge is 0.315 e. The van der Waals surface area contributed by atoms with Crippen molar-refractivity contribution in [1.29, 1.82) is 0 Å². The normalized spacial score (nSPS) is 14.1. The Kier molecular flexibility index (Phi) is 6.80. The summed E-state index contributed by atoms with van der Waals surface area (Å²) in [6, 6.07) is -0.105. The lowest BCUT2D eigenvalue weighted by Gasteiger charge is -2.25. The number of likely N-dealkylation sites (N-methyl/N-ethyl adjacent to an activating group) is 1. The van der Waals surface area contributed by atoms with Crippen LogP contribution in [0.5, 0.6) is 0 Å². The number of thiophene rings is 1. The summed E-state index contributed by atoms with van der Waals surface area (Å²) in [5.74, 6) is 0.230. The van der Waals surface area contributed by atoms with Crippen LogP contribution < -0.4 is 10.0 Å². The molecule has 2 N–H and O–H groups in total. The third kappa shape index (κ3) is 5.03. The SMILES string of the molecule is CNCc1scc(C)c1S(=O)(=O)NC(CN(C)C)C(C)C. The Morgan fingerprint density at radius 3 is 2.43 bits per heavy atom. The summed E-state index contributed by atoms with van der Waals surface area (Å²) in [4.78, 5) is 3.29. The fourth-order valence-electron chi connectivity index (χ4n) is 2.17. The highest BCUT2D eigenvalue weighted by atomic mass is 32.2. The zero-order chi connectivity index (χ0) is 16.2. The first kappa shape index (κ1) is 18.6. The quantitative estimate of drug-likeness (QED) is 0.759. The van der Waals surface area contributed by atoms with Crippen LogP contribution in [0.2, 0.25) is 0 Å². The maximum atomic E-state index is 12.8. The predicted molar refractivity (Wildman–Crippen MR) is 89.3 cm³/mol. The zero-order valence-corrected chi connectivity index (χ0v) is 15.4. The van der Waals surface area contributed by atoms with Crippen molar-refractivity contribution in [3.05, 3.63) is 15.8 Å². The lowest BCUT2D eigenvalue weighted by Crippen LogP contribution is -2.45. The lowest BCUT2D eigenvalue weighted by molar-refractivity contribution is 0.314. The molecule has 1 heterocycles. The molecule has 1 unspecified atom stereocenters. The molecule has 0 saturated heterocycles. The van der Waals surface area contributed by atoms with Gasteiger partial charge < -0.3 is 10.2 Å². The molecule has 1 atom stereocenters. The number of rotatable bonds is 8. The summed E-state index contributed by atoms with van der Waals surface area (Å²) >= 11 is 1.48. The number of nitrogens with one attached hydrogen (secondary N) is 2. The first-order valence-corrected chi connectivity index (χ1v) is 9.44. The monoisotopic (exact) mass is 333 g/mol. The van der Waals surface area contributed by atoms with E-state index in [2.05, 4.69) is 10.0 Å². The smallest absolute Gasteiger partial charge is 0.242 e. The van der Waals surface area contributed by atoms with Crippen LogP contribution in [0.1, 0.15) is 24.3 Å². The van der Waals surface area contributed by atoms with Gasteiger partial charge in [0.15, 0.2) is 0 Å². The topological polar surface area (TPSA) is 61.4 Å². The second-order valence-electron chi connectivity index (χ2n) is 5.94. The first-order chi connectivity index (χ1) is 9.69. The van der Waals surface area contributed by atoms with Crippen LogP contribution in [-0.4, -0.2) is 47.0 Å². The molecule has 122 valence electrons. The van der Waals surface area contributed by atoms with Crippen molar-refractivity contribution in [2.75, 3.05) is 27.7 Å². The Bertz CT molecular complexity index is 551. The van der Waals surface area contributed by atoms with E-state index in [1.807, 2.05) is 52.2 Å². The van der Waals surface area contributed by atoms with Gasteiger partial charge in [-0.2, -0.15) is 0 Å². The van der Waals surface area contributed by atoms with Crippen LogP contribution in [0.25, 0.3) is 0 Å². The fraction of sp³-hybridized carbons (Fsp3) is 0.714. The minimum Gasteiger partial charge on any atom is -0.315 e. The second-order valence-corrected chi connectivity index (χ2v) is 8.55.